The summed E-state index contributed by atoms with van der Waals surface area (Å²) in [5.41, 5.74) is 3.10. The summed E-state index contributed by atoms with van der Waals surface area (Å²) in [6.07, 6.45) is 10.3. The first-order valence-electron chi connectivity index (χ1n) is 11.6. The Morgan fingerprint density at radius 2 is 2.00 bits per heavy atom. The van der Waals surface area contributed by atoms with E-state index in [1.165, 1.54) is 17.2 Å². The van der Waals surface area contributed by atoms with Crippen LogP contribution in [0, 0.1) is 0 Å². The molecule has 176 valence electrons. The number of hydrogen-bond acceptors (Lipinski definition) is 6. The van der Waals surface area contributed by atoms with Crippen LogP contribution < -0.4 is 4.72 Å². The lowest BCUT2D eigenvalue weighted by Gasteiger charge is -2.36. The Hall–Kier alpha value is -2.56. The lowest BCUT2D eigenvalue weighted by atomic mass is 9.87. The van der Waals surface area contributed by atoms with E-state index >= 15 is 0 Å². The molecule has 1 atom stereocenters. The minimum Gasteiger partial charge on any atom is -0.346 e. The van der Waals surface area contributed by atoms with E-state index in [1.807, 2.05) is 23.5 Å². The molecule has 10 heteroatoms. The molecule has 2 saturated heterocycles. The first-order chi connectivity index (χ1) is 15.9. The van der Waals surface area contributed by atoms with Gasteiger partial charge < -0.3 is 9.88 Å². The molecule has 9 nitrogen and oxygen atoms in total. The van der Waals surface area contributed by atoms with Crippen molar-refractivity contribution in [2.24, 2.45) is 0 Å². The van der Waals surface area contributed by atoms with E-state index in [-0.39, 0.29) is 11.9 Å². The Labute approximate surface area is 193 Å². The lowest BCUT2D eigenvalue weighted by molar-refractivity contribution is -0.134. The molecule has 2 N–H and O–H groups in total. The van der Waals surface area contributed by atoms with E-state index < -0.39 is 10.0 Å². The number of sulfonamides is 1. The third-order valence-corrected chi connectivity index (χ3v) is 7.63. The monoisotopic (exact) mass is 470 g/mol. The van der Waals surface area contributed by atoms with Crippen molar-refractivity contribution in [2.45, 2.75) is 37.6 Å². The summed E-state index contributed by atoms with van der Waals surface area (Å²) in [6, 6.07) is 4.00. The van der Waals surface area contributed by atoms with Crippen molar-refractivity contribution in [1.82, 2.24) is 29.5 Å². The van der Waals surface area contributed by atoms with Gasteiger partial charge in [-0.3, -0.25) is 14.7 Å². The molecule has 0 spiro atoms. The van der Waals surface area contributed by atoms with Crippen LogP contribution in [0.3, 0.4) is 0 Å². The second-order valence-electron chi connectivity index (χ2n) is 9.28. The molecule has 2 fully saturated rings. The number of nitrogens with zero attached hydrogens (tertiary/aromatic N) is 4. The SMILES string of the molecule is CS(=O)(=O)NC1CCCN(C(=O)CN2CCC(c3ccnc4cnc5[nH]ccc5c34)CC2)C1. The predicted molar refractivity (Wildman–Crippen MR) is 127 cm³/mol. The van der Waals surface area contributed by atoms with Crippen molar-refractivity contribution >= 4 is 37.9 Å². The number of fused-ring (bicyclic) bond motifs is 3. The van der Waals surface area contributed by atoms with Crippen LogP contribution in [0.4, 0.5) is 0 Å². The summed E-state index contributed by atoms with van der Waals surface area (Å²) in [6.45, 7) is 3.26. The summed E-state index contributed by atoms with van der Waals surface area (Å²) in [4.78, 5) is 29.1. The number of amides is 1. The molecular formula is C23H30N6O3S. The molecule has 3 aromatic heterocycles. The molecule has 33 heavy (non-hydrogen) atoms. The van der Waals surface area contributed by atoms with Crippen molar-refractivity contribution in [1.29, 1.82) is 0 Å². The normalized spacial score (nSPS) is 21.1. The molecular weight excluding hydrogens is 440 g/mol. The Morgan fingerprint density at radius 1 is 1.18 bits per heavy atom. The number of aromatic amines is 1. The van der Waals surface area contributed by atoms with E-state index in [2.05, 4.69) is 36.7 Å². The predicted octanol–water partition coefficient (Wildman–Crippen LogP) is 1.83. The quantitative estimate of drug-likeness (QED) is 0.589. The molecule has 0 aromatic carbocycles. The molecule has 0 radical (unpaired) electrons. The molecule has 0 saturated carbocycles. The van der Waals surface area contributed by atoms with E-state index in [0.717, 1.165) is 55.3 Å². The second-order valence-corrected chi connectivity index (χ2v) is 11.1. The number of aromatic nitrogens is 3. The van der Waals surface area contributed by atoms with Crippen molar-refractivity contribution < 1.29 is 13.2 Å². The van der Waals surface area contributed by atoms with E-state index in [4.69, 9.17) is 0 Å². The first-order valence-corrected chi connectivity index (χ1v) is 13.4. The van der Waals surface area contributed by atoms with Crippen molar-refractivity contribution in [3.8, 4) is 0 Å². The van der Waals surface area contributed by atoms with Crippen LogP contribution in [0.25, 0.3) is 21.9 Å². The van der Waals surface area contributed by atoms with Gasteiger partial charge in [0.2, 0.25) is 15.9 Å². The van der Waals surface area contributed by atoms with Gasteiger partial charge in [-0.05, 0) is 62.4 Å². The molecule has 3 aromatic rings. The van der Waals surface area contributed by atoms with E-state index in [0.29, 0.717) is 25.6 Å². The molecule has 5 heterocycles. The molecule has 2 aliphatic heterocycles. The fourth-order valence-corrected chi connectivity index (χ4v) is 6.11. The smallest absolute Gasteiger partial charge is 0.236 e. The van der Waals surface area contributed by atoms with Crippen molar-refractivity contribution in [3.63, 3.8) is 0 Å². The highest BCUT2D eigenvalue weighted by Crippen LogP contribution is 2.35. The summed E-state index contributed by atoms with van der Waals surface area (Å²) in [5.74, 6) is 0.503. The van der Waals surface area contributed by atoms with Crippen LogP contribution in [-0.2, 0) is 14.8 Å². The number of nitrogens with one attached hydrogen (secondary N) is 2. The lowest BCUT2D eigenvalue weighted by Crippen LogP contribution is -2.52. The maximum absolute atomic E-state index is 12.9. The minimum absolute atomic E-state index is 0.0860. The topological polar surface area (TPSA) is 111 Å². The van der Waals surface area contributed by atoms with Crippen LogP contribution in [0.1, 0.15) is 37.2 Å². The average molecular weight is 471 g/mol. The highest BCUT2D eigenvalue weighted by molar-refractivity contribution is 7.88. The largest absolute Gasteiger partial charge is 0.346 e. The first kappa shape index (κ1) is 22.2. The zero-order valence-electron chi connectivity index (χ0n) is 18.8. The zero-order valence-corrected chi connectivity index (χ0v) is 19.6. The average Bonchev–Trinajstić information content (AvgIpc) is 3.27. The van der Waals surface area contributed by atoms with Gasteiger partial charge in [-0.1, -0.05) is 0 Å². The van der Waals surface area contributed by atoms with Gasteiger partial charge in [0.05, 0.1) is 24.5 Å². The molecule has 2 aliphatic rings. The third-order valence-electron chi connectivity index (χ3n) is 6.86. The Morgan fingerprint density at radius 3 is 2.79 bits per heavy atom. The number of carbonyl (C=O) groups is 1. The van der Waals surface area contributed by atoms with E-state index in [9.17, 15) is 13.2 Å². The molecule has 0 aliphatic carbocycles. The zero-order chi connectivity index (χ0) is 23.0. The standard InChI is InChI=1S/C23H30N6O3S/c1-33(31,32)27-17-3-2-10-29(14-17)21(30)15-28-11-6-16(7-12-28)18-4-8-24-20-13-26-23-19(22(18)20)5-9-25-23/h4-5,8-9,13,16-17,27H,2-3,6-7,10-12,14-15H2,1H3,(H,25,26). The number of carbonyl (C=O) groups excluding carboxylic acids is 1. The maximum atomic E-state index is 12.9. The second kappa shape index (κ2) is 9.00. The van der Waals surface area contributed by atoms with Crippen molar-refractivity contribution in [3.05, 3.63) is 36.3 Å². The molecule has 0 bridgehead atoms. The van der Waals surface area contributed by atoms with Gasteiger partial charge in [-0.15, -0.1) is 0 Å². The van der Waals surface area contributed by atoms with Crippen molar-refractivity contribution in [2.75, 3.05) is 39.0 Å². The van der Waals surface area contributed by atoms with Crippen LogP contribution in [0.5, 0.6) is 0 Å². The fraction of sp³-hybridized carbons (Fsp3) is 0.522. The summed E-state index contributed by atoms with van der Waals surface area (Å²) < 4.78 is 25.7. The summed E-state index contributed by atoms with van der Waals surface area (Å²) in [7, 11) is -3.27. The van der Waals surface area contributed by atoms with Crippen LogP contribution in [-0.4, -0.2) is 84.1 Å². The highest BCUT2D eigenvalue weighted by atomic mass is 32.2. The third kappa shape index (κ3) is 4.87. The van der Waals surface area contributed by atoms with Gasteiger partial charge in [-0.25, -0.2) is 18.1 Å². The molecule has 1 amide bonds. The van der Waals surface area contributed by atoms with Gasteiger partial charge in [0.15, 0.2) is 0 Å². The summed E-state index contributed by atoms with van der Waals surface area (Å²) >= 11 is 0. The minimum atomic E-state index is -3.27. The number of rotatable bonds is 5. The van der Waals surface area contributed by atoms with Crippen LogP contribution in [0.2, 0.25) is 0 Å². The van der Waals surface area contributed by atoms with Gasteiger partial charge in [0, 0.05) is 42.3 Å². The van der Waals surface area contributed by atoms with Gasteiger partial charge in [0.1, 0.15) is 5.65 Å². The Bertz CT molecular complexity index is 1270. The van der Waals surface area contributed by atoms with Crippen LogP contribution >= 0.6 is 0 Å². The van der Waals surface area contributed by atoms with Gasteiger partial charge in [0.25, 0.3) is 0 Å². The number of hydrogen-bond donors (Lipinski definition) is 2. The highest BCUT2D eigenvalue weighted by Gasteiger charge is 2.29. The van der Waals surface area contributed by atoms with Gasteiger partial charge in [-0.2, -0.15) is 0 Å². The Balaban J connectivity index is 1.22. The van der Waals surface area contributed by atoms with Crippen LogP contribution in [0.15, 0.2) is 30.7 Å². The molecule has 5 rings (SSSR count). The summed E-state index contributed by atoms with van der Waals surface area (Å²) in [5, 5.41) is 2.28. The number of H-pyrrole nitrogens is 1. The number of likely N-dealkylation sites (tertiary alicyclic amines) is 2. The maximum Gasteiger partial charge on any atom is 0.236 e. The van der Waals surface area contributed by atoms with E-state index in [1.54, 1.807) is 0 Å². The number of piperidine rings is 2. The number of pyridine rings is 2. The molecule has 1 unspecified atom stereocenters. The Kier molecular flexibility index (Phi) is 6.07. The fourth-order valence-electron chi connectivity index (χ4n) is 5.32. The van der Waals surface area contributed by atoms with Gasteiger partial charge >= 0.3 is 0 Å².